The summed E-state index contributed by atoms with van der Waals surface area (Å²) in [4.78, 5) is 17.7. The monoisotopic (exact) mass is 343 g/mol. The Morgan fingerprint density at radius 2 is 2.08 bits per heavy atom. The molecule has 2 heterocycles. The molecule has 25 heavy (non-hydrogen) atoms. The molecule has 6 heteroatoms. The van der Waals surface area contributed by atoms with Gasteiger partial charge in [-0.05, 0) is 50.3 Å². The standard InChI is InChI=1S/C19H25N3O3/c1-2-14-5-7-16(8-6-14)19-20-17(25-21-19)13-22-10-3-4-15(9-11-22)12-18(23)24/h5-8,15H,2-4,9-13H2,1H3,(H,23,24)/t15-/m1/s1. The molecule has 1 aliphatic heterocycles. The number of likely N-dealkylation sites (tertiary alicyclic amines) is 1. The van der Waals surface area contributed by atoms with Crippen molar-refractivity contribution in [3.63, 3.8) is 0 Å². The second-order valence-electron chi connectivity index (χ2n) is 6.73. The summed E-state index contributed by atoms with van der Waals surface area (Å²) in [7, 11) is 0. The molecule has 0 unspecified atom stereocenters. The van der Waals surface area contributed by atoms with Crippen LogP contribution in [-0.4, -0.2) is 39.2 Å². The van der Waals surface area contributed by atoms with Crippen LogP contribution >= 0.6 is 0 Å². The van der Waals surface area contributed by atoms with E-state index < -0.39 is 5.97 Å². The van der Waals surface area contributed by atoms with Gasteiger partial charge in [-0.2, -0.15) is 4.98 Å². The number of carboxylic acid groups (broad SMARTS) is 1. The summed E-state index contributed by atoms with van der Waals surface area (Å²) >= 11 is 0. The minimum atomic E-state index is -0.700. The molecule has 0 saturated carbocycles. The lowest BCUT2D eigenvalue weighted by molar-refractivity contribution is -0.138. The number of benzene rings is 1. The van der Waals surface area contributed by atoms with Crippen LogP contribution in [0.2, 0.25) is 0 Å². The number of nitrogens with zero attached hydrogens (tertiary/aromatic N) is 3. The van der Waals surface area contributed by atoms with Gasteiger partial charge in [0.05, 0.1) is 6.54 Å². The predicted octanol–water partition coefficient (Wildman–Crippen LogP) is 3.38. The fourth-order valence-corrected chi connectivity index (χ4v) is 3.35. The fraction of sp³-hybridized carbons (Fsp3) is 0.526. The molecule has 1 atom stereocenters. The molecule has 2 aromatic rings. The van der Waals surface area contributed by atoms with E-state index in [1.807, 2.05) is 12.1 Å². The molecule has 134 valence electrons. The number of aliphatic carboxylic acids is 1. The first-order valence-corrected chi connectivity index (χ1v) is 9.00. The maximum absolute atomic E-state index is 10.9. The number of carboxylic acids is 1. The second-order valence-corrected chi connectivity index (χ2v) is 6.73. The van der Waals surface area contributed by atoms with Gasteiger partial charge < -0.3 is 9.63 Å². The highest BCUT2D eigenvalue weighted by molar-refractivity contribution is 5.67. The summed E-state index contributed by atoms with van der Waals surface area (Å²) in [5, 5.41) is 13.1. The predicted molar refractivity (Wildman–Crippen MR) is 94.0 cm³/mol. The minimum absolute atomic E-state index is 0.270. The zero-order chi connectivity index (χ0) is 17.6. The van der Waals surface area contributed by atoms with Gasteiger partial charge in [0.1, 0.15) is 0 Å². The molecule has 0 bridgehead atoms. The fourth-order valence-electron chi connectivity index (χ4n) is 3.35. The van der Waals surface area contributed by atoms with Crippen LogP contribution in [0.15, 0.2) is 28.8 Å². The molecule has 0 radical (unpaired) electrons. The minimum Gasteiger partial charge on any atom is -0.481 e. The number of carbonyl (C=O) groups is 1. The summed E-state index contributed by atoms with van der Waals surface area (Å²) in [5.41, 5.74) is 2.25. The lowest BCUT2D eigenvalue weighted by Crippen LogP contribution is -2.24. The van der Waals surface area contributed by atoms with E-state index in [9.17, 15) is 4.79 Å². The topological polar surface area (TPSA) is 79.5 Å². The molecule has 1 aliphatic rings. The van der Waals surface area contributed by atoms with E-state index in [1.165, 1.54) is 5.56 Å². The van der Waals surface area contributed by atoms with Crippen LogP contribution in [0.4, 0.5) is 0 Å². The molecule has 0 amide bonds. The Hall–Kier alpha value is -2.21. The SMILES string of the molecule is CCc1ccc(-c2noc(CN3CCC[C@@H](CC(=O)O)CC3)n2)cc1. The average molecular weight is 343 g/mol. The first kappa shape index (κ1) is 17.6. The lowest BCUT2D eigenvalue weighted by atomic mass is 9.97. The molecule has 1 saturated heterocycles. The van der Waals surface area contributed by atoms with Gasteiger partial charge in [-0.3, -0.25) is 9.69 Å². The Labute approximate surface area is 147 Å². The third-order valence-corrected chi connectivity index (χ3v) is 4.85. The maximum atomic E-state index is 10.9. The van der Waals surface area contributed by atoms with Crippen LogP contribution in [0, 0.1) is 5.92 Å². The van der Waals surface area contributed by atoms with Crippen molar-refractivity contribution in [2.75, 3.05) is 13.1 Å². The van der Waals surface area contributed by atoms with Crippen LogP contribution < -0.4 is 0 Å². The normalized spacial score (nSPS) is 18.8. The maximum Gasteiger partial charge on any atom is 0.303 e. The number of hydrogen-bond acceptors (Lipinski definition) is 5. The summed E-state index contributed by atoms with van der Waals surface area (Å²) in [5.74, 6) is 0.814. The zero-order valence-electron chi connectivity index (χ0n) is 14.6. The second kappa shape index (κ2) is 8.25. The smallest absolute Gasteiger partial charge is 0.303 e. The summed E-state index contributed by atoms with van der Waals surface area (Å²) < 4.78 is 5.41. The van der Waals surface area contributed by atoms with E-state index in [0.717, 1.165) is 44.3 Å². The first-order chi connectivity index (χ1) is 12.1. The van der Waals surface area contributed by atoms with E-state index in [0.29, 0.717) is 18.3 Å². The van der Waals surface area contributed by atoms with Gasteiger partial charge >= 0.3 is 5.97 Å². The highest BCUT2D eigenvalue weighted by Gasteiger charge is 2.21. The van der Waals surface area contributed by atoms with Gasteiger partial charge in [-0.1, -0.05) is 36.3 Å². The highest BCUT2D eigenvalue weighted by atomic mass is 16.5. The average Bonchev–Trinajstić information content (AvgIpc) is 2.96. The van der Waals surface area contributed by atoms with Crippen LogP contribution in [0.1, 0.15) is 44.1 Å². The molecular formula is C19H25N3O3. The highest BCUT2D eigenvalue weighted by Crippen LogP contribution is 2.22. The van der Waals surface area contributed by atoms with Crippen molar-refractivity contribution in [1.82, 2.24) is 15.0 Å². The molecule has 1 aromatic heterocycles. The largest absolute Gasteiger partial charge is 0.481 e. The molecule has 3 rings (SSSR count). The van der Waals surface area contributed by atoms with E-state index >= 15 is 0 Å². The lowest BCUT2D eigenvalue weighted by Gasteiger charge is -2.17. The molecule has 6 nitrogen and oxygen atoms in total. The van der Waals surface area contributed by atoms with Crippen molar-refractivity contribution in [3.8, 4) is 11.4 Å². The van der Waals surface area contributed by atoms with Crippen molar-refractivity contribution >= 4 is 5.97 Å². The Balaban J connectivity index is 1.58. The Morgan fingerprint density at radius 1 is 1.28 bits per heavy atom. The summed E-state index contributed by atoms with van der Waals surface area (Å²) in [6, 6.07) is 8.22. The van der Waals surface area contributed by atoms with Gasteiger partial charge in [0, 0.05) is 12.0 Å². The van der Waals surface area contributed by atoms with Crippen molar-refractivity contribution < 1.29 is 14.4 Å². The number of aromatic nitrogens is 2. The van der Waals surface area contributed by atoms with E-state index in [-0.39, 0.29) is 12.3 Å². The molecule has 0 aliphatic carbocycles. The quantitative estimate of drug-likeness (QED) is 0.866. The summed E-state index contributed by atoms with van der Waals surface area (Å²) in [6.45, 7) is 4.57. The molecule has 1 N–H and O–H groups in total. The van der Waals surface area contributed by atoms with Gasteiger partial charge in [-0.25, -0.2) is 0 Å². The molecular weight excluding hydrogens is 318 g/mol. The van der Waals surface area contributed by atoms with Crippen molar-refractivity contribution in [3.05, 3.63) is 35.7 Å². The number of rotatable bonds is 6. The van der Waals surface area contributed by atoms with Crippen LogP contribution in [-0.2, 0) is 17.8 Å². The van der Waals surface area contributed by atoms with Crippen LogP contribution in [0.25, 0.3) is 11.4 Å². The Morgan fingerprint density at radius 3 is 2.80 bits per heavy atom. The first-order valence-electron chi connectivity index (χ1n) is 9.00. The van der Waals surface area contributed by atoms with E-state index in [2.05, 4.69) is 34.1 Å². The third-order valence-electron chi connectivity index (χ3n) is 4.85. The summed E-state index contributed by atoms with van der Waals surface area (Å²) in [6.07, 6.45) is 4.17. The van der Waals surface area contributed by atoms with Crippen molar-refractivity contribution in [1.29, 1.82) is 0 Å². The van der Waals surface area contributed by atoms with Crippen LogP contribution in [0.5, 0.6) is 0 Å². The van der Waals surface area contributed by atoms with Gasteiger partial charge in [0.15, 0.2) is 0 Å². The molecule has 1 fully saturated rings. The number of aryl methyl sites for hydroxylation is 1. The molecule has 0 spiro atoms. The third kappa shape index (κ3) is 4.89. The van der Waals surface area contributed by atoms with Gasteiger partial charge in [0.25, 0.3) is 0 Å². The van der Waals surface area contributed by atoms with Gasteiger partial charge in [-0.15, -0.1) is 0 Å². The Bertz CT molecular complexity index is 696. The zero-order valence-corrected chi connectivity index (χ0v) is 14.6. The van der Waals surface area contributed by atoms with E-state index in [1.54, 1.807) is 0 Å². The van der Waals surface area contributed by atoms with E-state index in [4.69, 9.17) is 9.63 Å². The van der Waals surface area contributed by atoms with Crippen molar-refractivity contribution in [2.24, 2.45) is 5.92 Å². The Kier molecular flexibility index (Phi) is 5.81. The van der Waals surface area contributed by atoms with Gasteiger partial charge in [0.2, 0.25) is 11.7 Å². The van der Waals surface area contributed by atoms with Crippen LogP contribution in [0.3, 0.4) is 0 Å². The molecule has 1 aromatic carbocycles. The number of hydrogen-bond donors (Lipinski definition) is 1. The van der Waals surface area contributed by atoms with Crippen molar-refractivity contribution in [2.45, 2.75) is 45.6 Å².